The number of nitrogens with two attached hydrogens (primary N) is 1. The summed E-state index contributed by atoms with van der Waals surface area (Å²) < 4.78 is 60.6. The predicted octanol–water partition coefficient (Wildman–Crippen LogP) is 5.38. The number of aliphatic hydroxyl groups excluding tert-OH is 1. The molecule has 3 unspecified atom stereocenters. The SMILES string of the molecule is CCCC(CCC)S(=O)(=O)CC(N)C(=O)NC1([C@H](O)CN(Cc2cccc(CC)c2)C(=O)OC(C)(C)C)CC1c1cc(F)cc(F)c1. The molecule has 2 amide bonds. The number of amides is 2. The van der Waals surface area contributed by atoms with Crippen LogP contribution in [0.25, 0.3) is 0 Å². The Hall–Kier alpha value is -3.09. The zero-order valence-corrected chi connectivity index (χ0v) is 29.2. The fourth-order valence-electron chi connectivity index (χ4n) is 6.06. The van der Waals surface area contributed by atoms with Gasteiger partial charge in [0.2, 0.25) is 5.91 Å². The van der Waals surface area contributed by atoms with Crippen molar-refractivity contribution in [3.8, 4) is 0 Å². The van der Waals surface area contributed by atoms with E-state index in [1.165, 1.54) is 4.90 Å². The van der Waals surface area contributed by atoms with Crippen LogP contribution in [0.15, 0.2) is 42.5 Å². The molecule has 2 aromatic carbocycles. The average Bonchev–Trinajstić information content (AvgIpc) is 3.70. The molecule has 4 N–H and O–H groups in total. The van der Waals surface area contributed by atoms with Crippen LogP contribution >= 0.6 is 0 Å². The van der Waals surface area contributed by atoms with Gasteiger partial charge < -0.3 is 25.8 Å². The predicted molar refractivity (Wildman–Crippen MR) is 178 cm³/mol. The topological polar surface area (TPSA) is 139 Å². The summed E-state index contributed by atoms with van der Waals surface area (Å²) in [6.45, 7) is 10.7. The molecule has 0 aliphatic heterocycles. The van der Waals surface area contributed by atoms with E-state index in [1.807, 2.05) is 45.0 Å². The monoisotopic (exact) mass is 679 g/mol. The number of aliphatic hydroxyl groups is 1. The van der Waals surface area contributed by atoms with Crippen LogP contribution in [0, 0.1) is 11.6 Å². The van der Waals surface area contributed by atoms with Gasteiger partial charge in [-0.3, -0.25) is 4.79 Å². The molecule has 0 heterocycles. The van der Waals surface area contributed by atoms with Gasteiger partial charge in [0.1, 0.15) is 17.2 Å². The summed E-state index contributed by atoms with van der Waals surface area (Å²) in [5.41, 5.74) is 5.89. The average molecular weight is 680 g/mol. The minimum Gasteiger partial charge on any atom is -0.444 e. The Morgan fingerprint density at radius 1 is 1.06 bits per heavy atom. The van der Waals surface area contributed by atoms with Gasteiger partial charge in [0, 0.05) is 18.5 Å². The van der Waals surface area contributed by atoms with Gasteiger partial charge in [0.15, 0.2) is 9.84 Å². The zero-order chi connectivity index (χ0) is 35.2. The maximum Gasteiger partial charge on any atom is 0.410 e. The number of halogens is 2. The number of hydrogen-bond donors (Lipinski definition) is 3. The number of sulfone groups is 1. The number of ether oxygens (including phenoxy) is 1. The Bertz CT molecular complexity index is 1470. The van der Waals surface area contributed by atoms with Crippen LogP contribution in [-0.4, -0.2) is 71.3 Å². The first-order valence-corrected chi connectivity index (χ1v) is 18.1. The molecule has 0 bridgehead atoms. The number of rotatable bonds is 16. The van der Waals surface area contributed by atoms with Gasteiger partial charge in [0.05, 0.1) is 35.2 Å². The lowest BCUT2D eigenvalue weighted by molar-refractivity contribution is -0.124. The van der Waals surface area contributed by atoms with E-state index >= 15 is 0 Å². The highest BCUT2D eigenvalue weighted by molar-refractivity contribution is 7.92. The molecule has 1 fully saturated rings. The van der Waals surface area contributed by atoms with Crippen molar-refractivity contribution in [2.45, 2.75) is 121 Å². The van der Waals surface area contributed by atoms with Crippen molar-refractivity contribution >= 4 is 21.8 Å². The first kappa shape index (κ1) is 38.4. The van der Waals surface area contributed by atoms with E-state index < -0.39 is 73.7 Å². The molecular formula is C35H51F2N3O6S. The lowest BCUT2D eigenvalue weighted by atomic mass is 9.99. The number of benzene rings is 2. The van der Waals surface area contributed by atoms with E-state index in [0.29, 0.717) is 25.7 Å². The molecule has 1 aliphatic rings. The molecule has 4 atom stereocenters. The molecule has 47 heavy (non-hydrogen) atoms. The minimum absolute atomic E-state index is 0.0735. The Kier molecular flexibility index (Phi) is 13.0. The van der Waals surface area contributed by atoms with Crippen molar-refractivity contribution in [3.05, 3.63) is 70.8 Å². The minimum atomic E-state index is -3.73. The number of carbonyl (C=O) groups excluding carboxylic acids is 2. The summed E-state index contributed by atoms with van der Waals surface area (Å²) in [4.78, 5) is 28.3. The van der Waals surface area contributed by atoms with Crippen molar-refractivity contribution in [2.24, 2.45) is 5.73 Å². The quantitative estimate of drug-likeness (QED) is 0.217. The smallest absolute Gasteiger partial charge is 0.410 e. The molecule has 0 radical (unpaired) electrons. The lowest BCUT2D eigenvalue weighted by Crippen LogP contribution is -2.57. The molecule has 262 valence electrons. The standard InChI is InChI=1S/C35H51F2N3O6S/c1-7-11-28(12-8-2)47(44,45)22-30(38)32(42)39-35(19-29(35)25-16-26(36)18-27(37)17-25)31(41)21-40(33(43)46-34(4,5)6)20-24-14-10-13-23(9-3)15-24/h10,13-18,28-31,41H,7-9,11-12,19-22,38H2,1-6H3,(H,39,42)/t29?,30?,31-,35?/m1/s1. The largest absolute Gasteiger partial charge is 0.444 e. The van der Waals surface area contributed by atoms with Gasteiger partial charge >= 0.3 is 6.09 Å². The van der Waals surface area contributed by atoms with Gasteiger partial charge in [-0.1, -0.05) is 57.9 Å². The summed E-state index contributed by atoms with van der Waals surface area (Å²) in [6, 6.07) is 9.15. The summed E-state index contributed by atoms with van der Waals surface area (Å²) in [5.74, 6) is -3.81. The number of nitrogens with one attached hydrogen (secondary N) is 1. The molecule has 3 rings (SSSR count). The van der Waals surface area contributed by atoms with Crippen LogP contribution < -0.4 is 11.1 Å². The van der Waals surface area contributed by atoms with Gasteiger partial charge in [-0.2, -0.15) is 0 Å². The molecule has 12 heteroatoms. The Labute approximate surface area is 278 Å². The maximum atomic E-state index is 14.3. The van der Waals surface area contributed by atoms with Crippen molar-refractivity contribution in [2.75, 3.05) is 12.3 Å². The van der Waals surface area contributed by atoms with Crippen LogP contribution in [0.1, 0.15) is 96.3 Å². The van der Waals surface area contributed by atoms with Crippen molar-refractivity contribution in [1.82, 2.24) is 10.2 Å². The van der Waals surface area contributed by atoms with Crippen molar-refractivity contribution in [3.63, 3.8) is 0 Å². The van der Waals surface area contributed by atoms with E-state index in [2.05, 4.69) is 5.32 Å². The first-order chi connectivity index (χ1) is 21.9. The van der Waals surface area contributed by atoms with Gasteiger partial charge in [-0.25, -0.2) is 22.0 Å². The molecule has 1 aliphatic carbocycles. The van der Waals surface area contributed by atoms with E-state index in [4.69, 9.17) is 10.5 Å². The Morgan fingerprint density at radius 2 is 1.66 bits per heavy atom. The van der Waals surface area contributed by atoms with Gasteiger partial charge in [0.25, 0.3) is 0 Å². The summed E-state index contributed by atoms with van der Waals surface area (Å²) in [6.07, 6.45) is 0.911. The Balaban J connectivity index is 1.94. The molecule has 9 nitrogen and oxygen atoms in total. The molecule has 0 aromatic heterocycles. The van der Waals surface area contributed by atoms with E-state index in [-0.39, 0.29) is 25.1 Å². The van der Waals surface area contributed by atoms with E-state index in [1.54, 1.807) is 20.8 Å². The van der Waals surface area contributed by atoms with E-state index in [9.17, 15) is 31.9 Å². The number of aryl methyl sites for hydroxylation is 1. The van der Waals surface area contributed by atoms with Crippen molar-refractivity contribution in [1.29, 1.82) is 0 Å². The Morgan fingerprint density at radius 3 is 2.21 bits per heavy atom. The summed E-state index contributed by atoms with van der Waals surface area (Å²) in [5, 5.41) is 13.9. The highest BCUT2D eigenvalue weighted by Gasteiger charge is 2.61. The van der Waals surface area contributed by atoms with Crippen LogP contribution in [-0.2, 0) is 32.3 Å². The normalized spacial score (nSPS) is 19.3. The highest BCUT2D eigenvalue weighted by atomic mass is 32.2. The number of carbonyl (C=O) groups is 2. The molecule has 1 saturated carbocycles. The molecular weight excluding hydrogens is 628 g/mol. The first-order valence-electron chi connectivity index (χ1n) is 16.4. The van der Waals surface area contributed by atoms with Gasteiger partial charge in [-0.05, 0) is 75.3 Å². The molecule has 2 aromatic rings. The fourth-order valence-corrected chi connectivity index (χ4v) is 8.18. The lowest BCUT2D eigenvalue weighted by Gasteiger charge is -2.33. The third-order valence-electron chi connectivity index (χ3n) is 8.54. The number of nitrogens with zero attached hydrogens (tertiary/aromatic N) is 1. The summed E-state index contributed by atoms with van der Waals surface area (Å²) in [7, 11) is -3.73. The summed E-state index contributed by atoms with van der Waals surface area (Å²) >= 11 is 0. The maximum absolute atomic E-state index is 14.3. The zero-order valence-electron chi connectivity index (χ0n) is 28.4. The second kappa shape index (κ2) is 15.9. The van der Waals surface area contributed by atoms with Crippen LogP contribution in [0.2, 0.25) is 0 Å². The third-order valence-corrected chi connectivity index (χ3v) is 10.8. The van der Waals surface area contributed by atoms with E-state index in [0.717, 1.165) is 35.7 Å². The van der Waals surface area contributed by atoms with Crippen LogP contribution in [0.3, 0.4) is 0 Å². The third kappa shape index (κ3) is 10.4. The second-order valence-corrected chi connectivity index (χ2v) is 16.0. The van der Waals surface area contributed by atoms with Crippen LogP contribution in [0.4, 0.5) is 13.6 Å². The second-order valence-electron chi connectivity index (χ2n) is 13.7. The van der Waals surface area contributed by atoms with Crippen LogP contribution in [0.5, 0.6) is 0 Å². The number of hydrogen-bond acceptors (Lipinski definition) is 7. The fraction of sp³-hybridized carbons (Fsp3) is 0.600. The highest BCUT2D eigenvalue weighted by Crippen LogP contribution is 2.54. The van der Waals surface area contributed by atoms with Crippen molar-refractivity contribution < 1.29 is 36.6 Å². The van der Waals surface area contributed by atoms with Gasteiger partial charge in [-0.15, -0.1) is 0 Å². The molecule has 0 saturated heterocycles. The molecule has 0 spiro atoms.